The molecule has 0 radical (unpaired) electrons. The molecule has 1 atom stereocenters. The van der Waals surface area contributed by atoms with E-state index in [4.69, 9.17) is 20.6 Å². The molecule has 0 rings (SSSR count). The first-order valence-electron chi connectivity index (χ1n) is 6.61. The Morgan fingerprint density at radius 1 is 1.15 bits per heavy atom. The monoisotopic (exact) mass is 299 g/mol. The molecule has 0 aromatic heterocycles. The molecule has 5 nitrogen and oxygen atoms in total. The van der Waals surface area contributed by atoms with Crippen LogP contribution in [0.25, 0.3) is 0 Å². The lowest BCUT2D eigenvalue weighted by molar-refractivity contribution is -0.160. The standard InChI is InChI=1S/C12H24F3N3O2/c1-3-19-7-5-18(6-8-20-4-2)9-10(11(16)17)12(13,14)15/h10H,3-9H2,1-2H3,(H3,16,17). The average molecular weight is 299 g/mol. The van der Waals surface area contributed by atoms with Crippen LogP contribution in [0, 0.1) is 11.3 Å². The highest BCUT2D eigenvalue weighted by molar-refractivity contribution is 5.80. The van der Waals surface area contributed by atoms with Crippen molar-refractivity contribution in [3.63, 3.8) is 0 Å². The van der Waals surface area contributed by atoms with E-state index in [9.17, 15) is 13.2 Å². The van der Waals surface area contributed by atoms with Gasteiger partial charge in [0.2, 0.25) is 0 Å². The Hall–Kier alpha value is -0.860. The number of hydrogen-bond donors (Lipinski definition) is 2. The van der Waals surface area contributed by atoms with Crippen LogP contribution in [0.1, 0.15) is 13.8 Å². The lowest BCUT2D eigenvalue weighted by atomic mass is 10.1. The van der Waals surface area contributed by atoms with E-state index in [1.807, 2.05) is 13.8 Å². The highest BCUT2D eigenvalue weighted by Gasteiger charge is 2.42. The predicted octanol–water partition coefficient (Wildman–Crippen LogP) is 1.48. The van der Waals surface area contributed by atoms with Gasteiger partial charge in [0.1, 0.15) is 11.8 Å². The molecular weight excluding hydrogens is 275 g/mol. The van der Waals surface area contributed by atoms with Gasteiger partial charge in [-0.3, -0.25) is 10.3 Å². The molecule has 0 spiro atoms. The highest BCUT2D eigenvalue weighted by Crippen LogP contribution is 2.26. The molecule has 0 saturated heterocycles. The molecule has 0 fully saturated rings. The Balaban J connectivity index is 4.52. The van der Waals surface area contributed by atoms with Gasteiger partial charge in [-0.2, -0.15) is 13.2 Å². The van der Waals surface area contributed by atoms with Crippen LogP contribution in [-0.2, 0) is 9.47 Å². The molecule has 0 bridgehead atoms. The second kappa shape index (κ2) is 9.95. The van der Waals surface area contributed by atoms with Crippen molar-refractivity contribution < 1.29 is 22.6 Å². The number of alkyl halides is 3. The maximum atomic E-state index is 12.8. The first-order valence-corrected chi connectivity index (χ1v) is 6.61. The predicted molar refractivity (Wildman–Crippen MR) is 70.9 cm³/mol. The van der Waals surface area contributed by atoms with Gasteiger partial charge in [0.25, 0.3) is 0 Å². The molecule has 0 aromatic rings. The molecule has 0 saturated carbocycles. The number of rotatable bonds is 11. The van der Waals surface area contributed by atoms with E-state index >= 15 is 0 Å². The second-order valence-electron chi connectivity index (χ2n) is 4.24. The Kier molecular flexibility index (Phi) is 9.52. The highest BCUT2D eigenvalue weighted by atomic mass is 19.4. The van der Waals surface area contributed by atoms with E-state index in [1.54, 1.807) is 4.90 Å². The normalized spacial score (nSPS) is 13.7. The van der Waals surface area contributed by atoms with Gasteiger partial charge in [-0.15, -0.1) is 0 Å². The molecule has 120 valence electrons. The molecule has 0 aromatic carbocycles. The van der Waals surface area contributed by atoms with E-state index < -0.39 is 17.9 Å². The average Bonchev–Trinajstić information content (AvgIpc) is 2.33. The number of amidine groups is 1. The van der Waals surface area contributed by atoms with Gasteiger partial charge in [0.05, 0.1) is 13.2 Å². The van der Waals surface area contributed by atoms with Crippen molar-refractivity contribution in [3.8, 4) is 0 Å². The quantitative estimate of drug-likeness (QED) is 0.344. The SMILES string of the molecule is CCOCCN(CCOCC)CC(C(=N)N)C(F)(F)F. The minimum atomic E-state index is -4.51. The van der Waals surface area contributed by atoms with Crippen LogP contribution in [0.5, 0.6) is 0 Å². The minimum Gasteiger partial charge on any atom is -0.387 e. The van der Waals surface area contributed by atoms with E-state index in [1.165, 1.54) is 0 Å². The third-order valence-electron chi connectivity index (χ3n) is 2.72. The van der Waals surface area contributed by atoms with Crippen LogP contribution in [-0.4, -0.2) is 63.0 Å². The van der Waals surface area contributed by atoms with Crippen LogP contribution in [0.2, 0.25) is 0 Å². The molecule has 20 heavy (non-hydrogen) atoms. The van der Waals surface area contributed by atoms with Gasteiger partial charge in [-0.05, 0) is 13.8 Å². The lowest BCUT2D eigenvalue weighted by Gasteiger charge is -2.28. The van der Waals surface area contributed by atoms with Gasteiger partial charge in [-0.25, -0.2) is 0 Å². The molecule has 3 N–H and O–H groups in total. The first-order chi connectivity index (χ1) is 9.32. The molecule has 0 aliphatic rings. The Labute approximate surface area is 117 Å². The summed E-state index contributed by atoms with van der Waals surface area (Å²) < 4.78 is 48.7. The number of ether oxygens (including phenoxy) is 2. The number of nitrogens with zero attached hydrogens (tertiary/aromatic N) is 1. The smallest absolute Gasteiger partial charge is 0.387 e. The van der Waals surface area contributed by atoms with Crippen molar-refractivity contribution in [2.75, 3.05) is 46.1 Å². The number of nitrogens with two attached hydrogens (primary N) is 1. The minimum absolute atomic E-state index is 0.338. The summed E-state index contributed by atoms with van der Waals surface area (Å²) in [6.07, 6.45) is -4.51. The third-order valence-corrected chi connectivity index (χ3v) is 2.72. The number of nitrogens with one attached hydrogen (secondary N) is 1. The van der Waals surface area contributed by atoms with Crippen LogP contribution < -0.4 is 5.73 Å². The summed E-state index contributed by atoms with van der Waals surface area (Å²) in [7, 11) is 0. The van der Waals surface area contributed by atoms with Crippen molar-refractivity contribution in [1.29, 1.82) is 5.41 Å². The number of hydrogen-bond acceptors (Lipinski definition) is 4. The molecule has 0 amide bonds. The maximum absolute atomic E-state index is 12.8. The second-order valence-corrected chi connectivity index (χ2v) is 4.24. The Morgan fingerprint density at radius 3 is 1.90 bits per heavy atom. The van der Waals surface area contributed by atoms with E-state index in [-0.39, 0.29) is 6.54 Å². The van der Waals surface area contributed by atoms with Gasteiger partial charge in [0.15, 0.2) is 0 Å². The fourth-order valence-electron chi connectivity index (χ4n) is 1.61. The van der Waals surface area contributed by atoms with Crippen LogP contribution >= 0.6 is 0 Å². The lowest BCUT2D eigenvalue weighted by Crippen LogP contribution is -2.45. The first kappa shape index (κ1) is 19.1. The number of halogens is 3. The molecule has 8 heteroatoms. The summed E-state index contributed by atoms with van der Waals surface area (Å²) in [5, 5.41) is 7.10. The maximum Gasteiger partial charge on any atom is 0.399 e. The van der Waals surface area contributed by atoms with Crippen LogP contribution in [0.15, 0.2) is 0 Å². The summed E-state index contributed by atoms with van der Waals surface area (Å²) in [4.78, 5) is 1.56. The topological polar surface area (TPSA) is 71.6 Å². The van der Waals surface area contributed by atoms with Gasteiger partial charge >= 0.3 is 6.18 Å². The van der Waals surface area contributed by atoms with Crippen molar-refractivity contribution in [3.05, 3.63) is 0 Å². The van der Waals surface area contributed by atoms with E-state index in [0.717, 1.165) is 0 Å². The van der Waals surface area contributed by atoms with Crippen molar-refractivity contribution in [2.45, 2.75) is 20.0 Å². The van der Waals surface area contributed by atoms with Crippen molar-refractivity contribution in [1.82, 2.24) is 4.90 Å². The zero-order valence-corrected chi connectivity index (χ0v) is 12.0. The molecule has 0 aliphatic heterocycles. The fourth-order valence-corrected chi connectivity index (χ4v) is 1.61. The summed E-state index contributed by atoms with van der Waals surface area (Å²) >= 11 is 0. The molecular formula is C12H24F3N3O2. The molecule has 0 heterocycles. The van der Waals surface area contributed by atoms with Gasteiger partial charge in [0, 0.05) is 32.8 Å². The Morgan fingerprint density at radius 2 is 1.60 bits per heavy atom. The third kappa shape index (κ3) is 8.34. The zero-order valence-electron chi connectivity index (χ0n) is 12.0. The van der Waals surface area contributed by atoms with Crippen molar-refractivity contribution in [2.24, 2.45) is 11.7 Å². The van der Waals surface area contributed by atoms with Crippen LogP contribution in [0.4, 0.5) is 13.2 Å². The van der Waals surface area contributed by atoms with Gasteiger partial charge < -0.3 is 15.2 Å². The van der Waals surface area contributed by atoms with E-state index in [2.05, 4.69) is 0 Å². The summed E-state index contributed by atoms with van der Waals surface area (Å²) in [6.45, 7) is 5.68. The summed E-state index contributed by atoms with van der Waals surface area (Å²) in [5.74, 6) is -2.82. The van der Waals surface area contributed by atoms with E-state index in [0.29, 0.717) is 39.5 Å². The fraction of sp³-hybridized carbons (Fsp3) is 0.917. The van der Waals surface area contributed by atoms with Crippen molar-refractivity contribution >= 4 is 5.84 Å². The zero-order chi connectivity index (χ0) is 15.6. The largest absolute Gasteiger partial charge is 0.399 e. The summed E-state index contributed by atoms with van der Waals surface area (Å²) in [5.41, 5.74) is 5.05. The summed E-state index contributed by atoms with van der Waals surface area (Å²) in [6, 6.07) is 0. The Bertz CT molecular complexity index is 265. The molecule has 1 unspecified atom stereocenters. The van der Waals surface area contributed by atoms with Gasteiger partial charge in [-0.1, -0.05) is 0 Å². The molecule has 0 aliphatic carbocycles. The van der Waals surface area contributed by atoms with Crippen LogP contribution in [0.3, 0.4) is 0 Å².